The summed E-state index contributed by atoms with van der Waals surface area (Å²) in [6.07, 6.45) is 1.11. The van der Waals surface area contributed by atoms with Crippen LogP contribution in [0.5, 0.6) is 0 Å². The minimum atomic E-state index is -0.919. The molecule has 1 amide bonds. The molecule has 1 rings (SSSR count). The maximum absolute atomic E-state index is 11.9. The number of carboxylic acid groups (broad SMARTS) is 1. The van der Waals surface area contributed by atoms with Crippen molar-refractivity contribution in [3.05, 3.63) is 0 Å². The molecule has 20 heavy (non-hydrogen) atoms. The maximum Gasteiger partial charge on any atom is 0.328 e. The Labute approximate surface area is 118 Å². The molecular weight excluding hydrogens is 262 g/mol. The van der Waals surface area contributed by atoms with Gasteiger partial charge < -0.3 is 15.2 Å². The molecule has 0 aliphatic heterocycles. The molecule has 0 saturated heterocycles. The van der Waals surface area contributed by atoms with Gasteiger partial charge in [-0.1, -0.05) is 20.8 Å². The molecule has 1 unspecified atom stereocenters. The number of nitrogens with one attached hydrogen (secondary N) is 1. The van der Waals surface area contributed by atoms with Gasteiger partial charge in [0, 0.05) is 12.3 Å². The largest absolute Gasteiger partial charge is 0.481 e. The summed E-state index contributed by atoms with van der Waals surface area (Å²) < 4.78 is 5.03. The molecule has 0 bridgehead atoms. The third kappa shape index (κ3) is 5.19. The lowest BCUT2D eigenvalue weighted by atomic mass is 10.0. The summed E-state index contributed by atoms with van der Waals surface area (Å²) in [5, 5.41) is 11.2. The number of ether oxygens (including phenoxy) is 1. The van der Waals surface area contributed by atoms with Gasteiger partial charge in [-0.3, -0.25) is 9.59 Å². The second-order valence-corrected chi connectivity index (χ2v) is 5.71. The van der Waals surface area contributed by atoms with Crippen LogP contribution in [0, 0.1) is 17.8 Å². The Kier molecular flexibility index (Phi) is 5.98. The fourth-order valence-corrected chi connectivity index (χ4v) is 1.93. The van der Waals surface area contributed by atoms with Gasteiger partial charge in [0.2, 0.25) is 5.91 Å². The van der Waals surface area contributed by atoms with E-state index in [2.05, 4.69) is 5.32 Å². The fraction of sp³-hybridized carbons (Fsp3) is 0.786. The molecule has 3 atom stereocenters. The van der Waals surface area contributed by atoms with Gasteiger partial charge in [0.05, 0.1) is 6.61 Å². The summed E-state index contributed by atoms with van der Waals surface area (Å²) in [4.78, 5) is 34.1. The molecule has 0 heterocycles. The smallest absolute Gasteiger partial charge is 0.328 e. The molecular formula is C14H23NO5. The second kappa shape index (κ2) is 7.26. The number of carboxylic acids is 1. The van der Waals surface area contributed by atoms with Crippen molar-refractivity contribution in [1.29, 1.82) is 0 Å². The van der Waals surface area contributed by atoms with Crippen molar-refractivity contribution in [1.82, 2.24) is 5.32 Å². The van der Waals surface area contributed by atoms with Crippen molar-refractivity contribution in [2.75, 3.05) is 6.61 Å². The number of amides is 1. The third-order valence-corrected chi connectivity index (χ3v) is 3.44. The van der Waals surface area contributed by atoms with Gasteiger partial charge in [-0.15, -0.1) is 0 Å². The van der Waals surface area contributed by atoms with Crippen LogP contribution in [-0.4, -0.2) is 35.6 Å². The first kappa shape index (κ1) is 16.5. The molecule has 114 valence electrons. The topological polar surface area (TPSA) is 92.7 Å². The van der Waals surface area contributed by atoms with Gasteiger partial charge in [-0.05, 0) is 24.7 Å². The number of aliphatic carboxylic acids is 1. The first-order valence-corrected chi connectivity index (χ1v) is 7.01. The van der Waals surface area contributed by atoms with Crippen molar-refractivity contribution in [3.63, 3.8) is 0 Å². The first-order chi connectivity index (χ1) is 9.32. The molecule has 0 aromatic rings. The molecule has 2 N–H and O–H groups in total. The van der Waals surface area contributed by atoms with E-state index in [1.165, 1.54) is 0 Å². The molecule has 0 spiro atoms. The van der Waals surface area contributed by atoms with Crippen molar-refractivity contribution < 1.29 is 24.2 Å². The Morgan fingerprint density at radius 1 is 1.35 bits per heavy atom. The molecule has 6 nitrogen and oxygen atoms in total. The Balaban J connectivity index is 2.38. The van der Waals surface area contributed by atoms with E-state index >= 15 is 0 Å². The van der Waals surface area contributed by atoms with Gasteiger partial charge in [0.15, 0.2) is 0 Å². The second-order valence-electron chi connectivity index (χ2n) is 5.71. The fourth-order valence-electron chi connectivity index (χ4n) is 1.93. The summed E-state index contributed by atoms with van der Waals surface area (Å²) >= 11 is 0. The van der Waals surface area contributed by atoms with E-state index < -0.39 is 18.0 Å². The van der Waals surface area contributed by atoms with Crippen molar-refractivity contribution in [3.8, 4) is 0 Å². The SMILES string of the molecule is CC1C[C@@H]1C(=O)N[C@H](C(=O)OCCCC(=O)O)C(C)C. The lowest BCUT2D eigenvalue weighted by Crippen LogP contribution is -2.46. The van der Waals surface area contributed by atoms with Crippen LogP contribution in [0.4, 0.5) is 0 Å². The maximum atomic E-state index is 11.9. The summed E-state index contributed by atoms with van der Waals surface area (Å²) in [7, 11) is 0. The van der Waals surface area contributed by atoms with Gasteiger partial charge >= 0.3 is 11.9 Å². The highest BCUT2D eigenvalue weighted by molar-refractivity contribution is 5.87. The van der Waals surface area contributed by atoms with Crippen LogP contribution in [0.1, 0.15) is 40.0 Å². The lowest BCUT2D eigenvalue weighted by Gasteiger charge is -2.20. The van der Waals surface area contributed by atoms with Crippen LogP contribution < -0.4 is 5.32 Å². The Morgan fingerprint density at radius 2 is 1.95 bits per heavy atom. The lowest BCUT2D eigenvalue weighted by molar-refractivity contribution is -0.150. The first-order valence-electron chi connectivity index (χ1n) is 7.01. The quantitative estimate of drug-likeness (QED) is 0.516. The van der Waals surface area contributed by atoms with E-state index in [9.17, 15) is 14.4 Å². The zero-order valence-electron chi connectivity index (χ0n) is 12.2. The average Bonchev–Trinajstić information content (AvgIpc) is 3.07. The molecule has 6 heteroatoms. The summed E-state index contributed by atoms with van der Waals surface area (Å²) in [5.74, 6) is -1.19. The standard InChI is InChI=1S/C14H23NO5/c1-8(2)12(15-13(18)10-7-9(10)3)14(19)20-6-4-5-11(16)17/h8-10,12H,4-7H2,1-3H3,(H,15,18)(H,16,17)/t9?,10-,12-/m0/s1. The number of hydrogen-bond acceptors (Lipinski definition) is 4. The zero-order chi connectivity index (χ0) is 15.3. The Morgan fingerprint density at radius 3 is 2.40 bits per heavy atom. The minimum Gasteiger partial charge on any atom is -0.481 e. The molecule has 1 saturated carbocycles. The number of esters is 1. The van der Waals surface area contributed by atoms with E-state index in [1.54, 1.807) is 0 Å². The van der Waals surface area contributed by atoms with Crippen LogP contribution in [0.25, 0.3) is 0 Å². The number of rotatable bonds is 8. The van der Waals surface area contributed by atoms with Crippen LogP contribution in [0.3, 0.4) is 0 Å². The highest BCUT2D eigenvalue weighted by Gasteiger charge is 2.41. The van der Waals surface area contributed by atoms with Gasteiger partial charge in [-0.2, -0.15) is 0 Å². The third-order valence-electron chi connectivity index (χ3n) is 3.44. The van der Waals surface area contributed by atoms with Crippen LogP contribution >= 0.6 is 0 Å². The van der Waals surface area contributed by atoms with Crippen molar-refractivity contribution >= 4 is 17.8 Å². The van der Waals surface area contributed by atoms with E-state index in [0.717, 1.165) is 6.42 Å². The molecule has 0 aromatic carbocycles. The monoisotopic (exact) mass is 285 g/mol. The molecule has 1 aliphatic rings. The molecule has 0 aromatic heterocycles. The van der Waals surface area contributed by atoms with Gasteiger partial charge in [0.25, 0.3) is 0 Å². The predicted molar refractivity (Wildman–Crippen MR) is 71.9 cm³/mol. The van der Waals surface area contributed by atoms with Gasteiger partial charge in [0.1, 0.15) is 6.04 Å². The van der Waals surface area contributed by atoms with Crippen LogP contribution in [0.2, 0.25) is 0 Å². The van der Waals surface area contributed by atoms with Gasteiger partial charge in [-0.25, -0.2) is 4.79 Å². The zero-order valence-corrected chi connectivity index (χ0v) is 12.2. The summed E-state index contributed by atoms with van der Waals surface area (Å²) in [6.45, 7) is 5.72. The highest BCUT2D eigenvalue weighted by atomic mass is 16.5. The average molecular weight is 285 g/mol. The Hall–Kier alpha value is -1.59. The predicted octanol–water partition coefficient (Wildman–Crippen LogP) is 1.19. The van der Waals surface area contributed by atoms with E-state index in [0.29, 0.717) is 5.92 Å². The van der Waals surface area contributed by atoms with Crippen molar-refractivity contribution in [2.24, 2.45) is 17.8 Å². The Bertz CT molecular complexity index is 380. The normalized spacial score (nSPS) is 22.2. The van der Waals surface area contributed by atoms with E-state index in [1.807, 2.05) is 20.8 Å². The number of carbonyl (C=O) groups excluding carboxylic acids is 2. The van der Waals surface area contributed by atoms with Crippen molar-refractivity contribution in [2.45, 2.75) is 46.1 Å². The molecule has 1 aliphatic carbocycles. The van der Waals surface area contributed by atoms with Crippen LogP contribution in [0.15, 0.2) is 0 Å². The molecule has 1 fully saturated rings. The number of carbonyl (C=O) groups is 3. The summed E-state index contributed by atoms with van der Waals surface area (Å²) in [5.41, 5.74) is 0. The summed E-state index contributed by atoms with van der Waals surface area (Å²) in [6, 6.07) is -0.667. The van der Waals surface area contributed by atoms with E-state index in [-0.39, 0.29) is 37.2 Å². The number of hydrogen-bond donors (Lipinski definition) is 2. The van der Waals surface area contributed by atoms with Crippen LogP contribution in [-0.2, 0) is 19.1 Å². The highest BCUT2D eigenvalue weighted by Crippen LogP contribution is 2.37. The van der Waals surface area contributed by atoms with E-state index in [4.69, 9.17) is 9.84 Å². The minimum absolute atomic E-state index is 0.0102. The molecule has 0 radical (unpaired) electrons.